The Labute approximate surface area is 117 Å². The van der Waals surface area contributed by atoms with Gasteiger partial charge in [-0.1, -0.05) is 6.92 Å². The molecule has 5 nitrogen and oxygen atoms in total. The molecule has 5 heteroatoms. The molecule has 0 saturated heterocycles. The highest BCUT2D eigenvalue weighted by molar-refractivity contribution is 5.81. The van der Waals surface area contributed by atoms with Crippen molar-refractivity contribution in [2.24, 2.45) is 0 Å². The Kier molecular flexibility index (Phi) is 4.40. The van der Waals surface area contributed by atoms with Crippen LogP contribution in [0.2, 0.25) is 0 Å². The first-order chi connectivity index (χ1) is 9.63. The summed E-state index contributed by atoms with van der Waals surface area (Å²) in [7, 11) is 1.60. The molecular formula is C15H18N2O3. The van der Waals surface area contributed by atoms with E-state index in [9.17, 15) is 9.59 Å². The second-order valence-electron chi connectivity index (χ2n) is 4.60. The Morgan fingerprint density at radius 3 is 2.85 bits per heavy atom. The standard InChI is InChI=1S/C15H18N2O3/c1-3-4-14(18)16-9-11-7-10-8-12(20-2)5-6-13(10)17-15(11)19/h5-8H,3-4,9H2,1-2H3,(H,16,18)(H,17,19). The molecule has 1 amide bonds. The van der Waals surface area contributed by atoms with E-state index in [0.717, 1.165) is 23.1 Å². The largest absolute Gasteiger partial charge is 0.497 e. The molecule has 0 unspecified atom stereocenters. The van der Waals surface area contributed by atoms with Crippen LogP contribution in [0.5, 0.6) is 5.75 Å². The molecule has 20 heavy (non-hydrogen) atoms. The zero-order chi connectivity index (χ0) is 14.5. The molecule has 0 aliphatic carbocycles. The number of amides is 1. The number of rotatable bonds is 5. The van der Waals surface area contributed by atoms with E-state index < -0.39 is 0 Å². The predicted octanol–water partition coefficient (Wildman–Crippen LogP) is 1.95. The predicted molar refractivity (Wildman–Crippen MR) is 77.9 cm³/mol. The summed E-state index contributed by atoms with van der Waals surface area (Å²) in [5, 5.41) is 3.62. The number of hydrogen-bond acceptors (Lipinski definition) is 3. The quantitative estimate of drug-likeness (QED) is 0.875. The van der Waals surface area contributed by atoms with Gasteiger partial charge in [0.05, 0.1) is 7.11 Å². The summed E-state index contributed by atoms with van der Waals surface area (Å²) >= 11 is 0. The normalized spacial score (nSPS) is 10.5. The number of hydrogen-bond donors (Lipinski definition) is 2. The first-order valence-electron chi connectivity index (χ1n) is 6.60. The number of pyridine rings is 1. The molecule has 1 heterocycles. The highest BCUT2D eigenvalue weighted by atomic mass is 16.5. The lowest BCUT2D eigenvalue weighted by molar-refractivity contribution is -0.121. The van der Waals surface area contributed by atoms with Crippen molar-refractivity contribution < 1.29 is 9.53 Å². The fraction of sp³-hybridized carbons (Fsp3) is 0.333. The highest BCUT2D eigenvalue weighted by Gasteiger charge is 2.06. The average Bonchev–Trinajstić information content (AvgIpc) is 2.45. The summed E-state index contributed by atoms with van der Waals surface area (Å²) in [6.45, 7) is 2.18. The van der Waals surface area contributed by atoms with Gasteiger partial charge in [-0.05, 0) is 30.7 Å². The van der Waals surface area contributed by atoms with E-state index in [-0.39, 0.29) is 18.0 Å². The topological polar surface area (TPSA) is 71.2 Å². The second kappa shape index (κ2) is 6.23. The SMILES string of the molecule is CCCC(=O)NCc1cc2cc(OC)ccc2[nH]c1=O. The van der Waals surface area contributed by atoms with Crippen molar-refractivity contribution in [2.75, 3.05) is 7.11 Å². The maximum atomic E-state index is 11.9. The lowest BCUT2D eigenvalue weighted by Gasteiger charge is -2.06. The van der Waals surface area contributed by atoms with Gasteiger partial charge < -0.3 is 15.0 Å². The van der Waals surface area contributed by atoms with Crippen LogP contribution >= 0.6 is 0 Å². The van der Waals surface area contributed by atoms with E-state index in [4.69, 9.17) is 4.74 Å². The van der Waals surface area contributed by atoms with Crippen LogP contribution in [0.3, 0.4) is 0 Å². The van der Waals surface area contributed by atoms with E-state index in [0.29, 0.717) is 12.0 Å². The fourth-order valence-corrected chi connectivity index (χ4v) is 2.00. The number of nitrogens with one attached hydrogen (secondary N) is 2. The molecule has 1 aromatic heterocycles. The van der Waals surface area contributed by atoms with Crippen LogP contribution in [0.15, 0.2) is 29.1 Å². The van der Waals surface area contributed by atoms with Gasteiger partial charge >= 0.3 is 0 Å². The number of ether oxygens (including phenoxy) is 1. The van der Waals surface area contributed by atoms with E-state index in [1.165, 1.54) is 0 Å². The third-order valence-corrected chi connectivity index (χ3v) is 3.08. The molecule has 0 fully saturated rings. The van der Waals surface area contributed by atoms with Crippen molar-refractivity contribution in [1.29, 1.82) is 0 Å². The van der Waals surface area contributed by atoms with Gasteiger partial charge in [0.2, 0.25) is 5.91 Å². The molecule has 106 valence electrons. The van der Waals surface area contributed by atoms with Crippen LogP contribution in [0.25, 0.3) is 10.9 Å². The summed E-state index contributed by atoms with van der Waals surface area (Å²) < 4.78 is 5.16. The maximum absolute atomic E-state index is 11.9. The van der Waals surface area contributed by atoms with Crippen molar-refractivity contribution in [1.82, 2.24) is 10.3 Å². The fourth-order valence-electron chi connectivity index (χ4n) is 2.00. The van der Waals surface area contributed by atoms with Gasteiger partial charge in [0.15, 0.2) is 0 Å². The Hall–Kier alpha value is -2.30. The minimum absolute atomic E-state index is 0.0439. The highest BCUT2D eigenvalue weighted by Crippen LogP contribution is 2.18. The van der Waals surface area contributed by atoms with E-state index in [1.807, 2.05) is 13.0 Å². The lowest BCUT2D eigenvalue weighted by Crippen LogP contribution is -2.26. The van der Waals surface area contributed by atoms with Gasteiger partial charge in [-0.3, -0.25) is 9.59 Å². The number of carbonyl (C=O) groups is 1. The van der Waals surface area contributed by atoms with Crippen molar-refractivity contribution in [2.45, 2.75) is 26.3 Å². The molecule has 0 aliphatic rings. The lowest BCUT2D eigenvalue weighted by atomic mass is 10.1. The molecule has 0 bridgehead atoms. The molecule has 0 spiro atoms. The number of carbonyl (C=O) groups excluding carboxylic acids is 1. The summed E-state index contributed by atoms with van der Waals surface area (Å²) in [4.78, 5) is 26.2. The molecule has 2 N–H and O–H groups in total. The van der Waals surface area contributed by atoms with Crippen LogP contribution < -0.4 is 15.6 Å². The molecule has 0 atom stereocenters. The summed E-state index contributed by atoms with van der Waals surface area (Å²) in [5.41, 5.74) is 1.11. The summed E-state index contributed by atoms with van der Waals surface area (Å²) in [6, 6.07) is 7.22. The van der Waals surface area contributed by atoms with E-state index >= 15 is 0 Å². The first kappa shape index (κ1) is 14.1. The number of H-pyrrole nitrogens is 1. The minimum atomic E-state index is -0.181. The van der Waals surface area contributed by atoms with Gasteiger partial charge in [-0.25, -0.2) is 0 Å². The van der Waals surface area contributed by atoms with Gasteiger partial charge in [-0.2, -0.15) is 0 Å². The number of methoxy groups -OCH3 is 1. The van der Waals surface area contributed by atoms with Crippen molar-refractivity contribution in [3.8, 4) is 5.75 Å². The Morgan fingerprint density at radius 2 is 2.15 bits per heavy atom. The summed E-state index contributed by atoms with van der Waals surface area (Å²) in [6.07, 6.45) is 1.26. The number of aromatic nitrogens is 1. The van der Waals surface area contributed by atoms with Crippen LogP contribution in [0, 0.1) is 0 Å². The third-order valence-electron chi connectivity index (χ3n) is 3.08. The van der Waals surface area contributed by atoms with Gasteiger partial charge in [0.25, 0.3) is 5.56 Å². The zero-order valence-electron chi connectivity index (χ0n) is 11.7. The molecule has 0 radical (unpaired) electrons. The Balaban J connectivity index is 2.26. The van der Waals surface area contributed by atoms with Crippen LogP contribution in [-0.4, -0.2) is 18.0 Å². The van der Waals surface area contributed by atoms with Crippen LogP contribution in [0.1, 0.15) is 25.3 Å². The molecule has 2 aromatic rings. The molecule has 2 rings (SSSR count). The van der Waals surface area contributed by atoms with Gasteiger partial charge in [0.1, 0.15) is 5.75 Å². The third kappa shape index (κ3) is 3.17. The molecular weight excluding hydrogens is 256 g/mol. The maximum Gasteiger partial charge on any atom is 0.253 e. The number of fused-ring (bicyclic) bond motifs is 1. The van der Waals surface area contributed by atoms with E-state index in [1.54, 1.807) is 25.3 Å². The number of aromatic amines is 1. The number of benzene rings is 1. The first-order valence-corrected chi connectivity index (χ1v) is 6.60. The van der Waals surface area contributed by atoms with Gasteiger partial charge in [-0.15, -0.1) is 0 Å². The molecule has 1 aromatic carbocycles. The molecule has 0 aliphatic heterocycles. The van der Waals surface area contributed by atoms with Crippen molar-refractivity contribution in [3.63, 3.8) is 0 Å². The molecule has 0 saturated carbocycles. The zero-order valence-corrected chi connectivity index (χ0v) is 11.7. The Morgan fingerprint density at radius 1 is 1.35 bits per heavy atom. The van der Waals surface area contributed by atoms with E-state index in [2.05, 4.69) is 10.3 Å². The van der Waals surface area contributed by atoms with Gasteiger partial charge in [0, 0.05) is 29.4 Å². The Bertz CT molecular complexity index is 676. The average molecular weight is 274 g/mol. The van der Waals surface area contributed by atoms with Crippen molar-refractivity contribution in [3.05, 3.63) is 40.2 Å². The summed E-state index contributed by atoms with van der Waals surface area (Å²) in [5.74, 6) is 0.683. The van der Waals surface area contributed by atoms with Crippen LogP contribution in [-0.2, 0) is 11.3 Å². The smallest absolute Gasteiger partial charge is 0.253 e. The van der Waals surface area contributed by atoms with Crippen molar-refractivity contribution >= 4 is 16.8 Å². The monoisotopic (exact) mass is 274 g/mol. The second-order valence-corrected chi connectivity index (χ2v) is 4.60. The minimum Gasteiger partial charge on any atom is -0.497 e. The van der Waals surface area contributed by atoms with Crippen LogP contribution in [0.4, 0.5) is 0 Å².